The second-order valence-electron chi connectivity index (χ2n) is 19.5. The van der Waals surface area contributed by atoms with Gasteiger partial charge in [-0.1, -0.05) is 46.8 Å². The zero-order chi connectivity index (χ0) is 39.9. The van der Waals surface area contributed by atoms with E-state index in [0.717, 1.165) is 77.2 Å². The third kappa shape index (κ3) is 6.26. The van der Waals surface area contributed by atoms with Crippen LogP contribution in [0.5, 0.6) is 0 Å². The number of rotatable bonds is 8. The van der Waals surface area contributed by atoms with Crippen molar-refractivity contribution < 1.29 is 53.1 Å². The van der Waals surface area contributed by atoms with Crippen LogP contribution in [-0.4, -0.2) is 76.5 Å². The number of fused-ring (bicyclic) bond motifs is 7. The summed E-state index contributed by atoms with van der Waals surface area (Å²) in [6, 6.07) is 0. The van der Waals surface area contributed by atoms with Gasteiger partial charge in [0, 0.05) is 32.6 Å². The van der Waals surface area contributed by atoms with Crippen molar-refractivity contribution in [1.29, 1.82) is 0 Å². The Balaban J connectivity index is 1.35. The molecule has 1 saturated heterocycles. The van der Waals surface area contributed by atoms with Gasteiger partial charge in [0.05, 0.1) is 6.10 Å². The molecule has 6 fully saturated rings. The van der Waals surface area contributed by atoms with E-state index in [1.54, 1.807) is 0 Å². The van der Waals surface area contributed by atoms with Crippen LogP contribution < -0.4 is 0 Å². The highest BCUT2D eigenvalue weighted by Crippen LogP contribution is 2.77. The summed E-state index contributed by atoms with van der Waals surface area (Å²) in [4.78, 5) is 62.8. The zero-order valence-electron chi connectivity index (χ0n) is 33.9. The second kappa shape index (κ2) is 14.0. The molecule has 0 radical (unpaired) electrons. The Morgan fingerprint density at radius 2 is 1.39 bits per heavy atom. The van der Waals surface area contributed by atoms with Gasteiger partial charge in [0.25, 0.3) is 0 Å². The Labute approximate surface area is 320 Å². The number of carbonyl (C=O) groups excluding carboxylic acids is 4. The molecule has 5 aliphatic carbocycles. The molecule has 6 rings (SSSR count). The van der Waals surface area contributed by atoms with Crippen LogP contribution in [0.25, 0.3) is 0 Å². The molecule has 2 N–H and O–H groups in total. The molecule has 0 aromatic carbocycles. The molecule has 0 spiro atoms. The molecule has 15 atom stereocenters. The monoisotopic (exact) mass is 756 g/mol. The van der Waals surface area contributed by atoms with Crippen LogP contribution in [0.4, 0.5) is 0 Å². The molecule has 11 nitrogen and oxygen atoms in total. The number of hydrogen-bond acceptors (Lipinski definition) is 10. The lowest BCUT2D eigenvalue weighted by atomic mass is 9.32. The maximum absolute atomic E-state index is 13.2. The normalized spacial score (nSPS) is 45.7. The number of aliphatic hydroxyl groups is 1. The van der Waals surface area contributed by atoms with Crippen molar-refractivity contribution in [2.45, 2.75) is 170 Å². The second-order valence-corrected chi connectivity index (χ2v) is 19.5. The van der Waals surface area contributed by atoms with Gasteiger partial charge in [-0.15, -0.1) is 0 Å². The van der Waals surface area contributed by atoms with E-state index >= 15 is 0 Å². The van der Waals surface area contributed by atoms with Gasteiger partial charge in [0.15, 0.2) is 24.4 Å². The molecule has 54 heavy (non-hydrogen) atoms. The summed E-state index contributed by atoms with van der Waals surface area (Å²) in [6.07, 6.45) is 0.715. The zero-order valence-corrected chi connectivity index (χ0v) is 33.9. The standard InChI is InChI=1S/C43H64O11/c1-22(2)26-13-18-43(21-28(47)33-34(51-23(3)44)35(52-24(4)45)36(53-25(5)46)37(54-33)38(49)50)20-19-41(9)27(32(26)43)11-12-30-40(8)16-15-31(48)39(6,7)29(40)14-17-42(30,41)10/h26-30,32-37,47H,1,11-21H2,2-10H3,(H,49,50)/t26-,27?,28+,29?,30?,32?,33-,34?,35+,36-,37?,40-,41+,42+,43+/m0/s1. The summed E-state index contributed by atoms with van der Waals surface area (Å²) in [6.45, 7) is 21.9. The smallest absolute Gasteiger partial charge is 0.336 e. The Bertz CT molecular complexity index is 1570. The summed E-state index contributed by atoms with van der Waals surface area (Å²) < 4.78 is 22.6. The molecule has 0 amide bonds. The van der Waals surface area contributed by atoms with E-state index in [9.17, 15) is 34.2 Å². The van der Waals surface area contributed by atoms with Crippen molar-refractivity contribution in [3.63, 3.8) is 0 Å². The van der Waals surface area contributed by atoms with Crippen molar-refractivity contribution >= 4 is 29.7 Å². The SMILES string of the molecule is C=C(C)[C@@H]1CC[C@]2(C[C@@H](O)[C@@H]3OC(C(=O)O)[C@@H](OC(C)=O)[C@H](OC(C)=O)C3OC(C)=O)CC[C@]3(C)C(CCC4[C@@]5(C)CCC(=O)C(C)(C)C5CC[C@]43C)C12. The molecular weight excluding hydrogens is 692 g/mol. The molecule has 6 unspecified atom stereocenters. The lowest BCUT2D eigenvalue weighted by Gasteiger charge is -2.72. The first kappa shape index (κ1) is 40.9. The number of allylic oxidation sites excluding steroid dienone is 1. The molecule has 0 aromatic heterocycles. The third-order valence-electron chi connectivity index (χ3n) is 16.7. The van der Waals surface area contributed by atoms with Crippen molar-refractivity contribution in [1.82, 2.24) is 0 Å². The van der Waals surface area contributed by atoms with Crippen molar-refractivity contribution in [2.75, 3.05) is 0 Å². The van der Waals surface area contributed by atoms with Gasteiger partial charge in [0.2, 0.25) is 0 Å². The van der Waals surface area contributed by atoms with Gasteiger partial charge < -0.3 is 29.2 Å². The minimum absolute atomic E-state index is 0.0142. The molecule has 0 bridgehead atoms. The number of carboxylic acid groups (broad SMARTS) is 1. The van der Waals surface area contributed by atoms with Crippen LogP contribution in [-0.2, 0) is 42.9 Å². The highest BCUT2D eigenvalue weighted by Gasteiger charge is 2.71. The van der Waals surface area contributed by atoms with Gasteiger partial charge >= 0.3 is 23.9 Å². The minimum atomic E-state index is -1.79. The van der Waals surface area contributed by atoms with E-state index in [4.69, 9.17) is 18.9 Å². The first-order valence-corrected chi connectivity index (χ1v) is 20.3. The summed E-state index contributed by atoms with van der Waals surface area (Å²) in [5.41, 5.74) is 0.643. The average molecular weight is 757 g/mol. The molecule has 1 aliphatic heterocycles. The topological polar surface area (TPSA) is 163 Å². The van der Waals surface area contributed by atoms with Crippen molar-refractivity contribution in [3.05, 3.63) is 12.2 Å². The molecule has 302 valence electrons. The number of carbonyl (C=O) groups is 5. The highest BCUT2D eigenvalue weighted by molar-refractivity contribution is 5.85. The van der Waals surface area contributed by atoms with Gasteiger partial charge in [-0.25, -0.2) is 4.79 Å². The Morgan fingerprint density at radius 3 is 1.98 bits per heavy atom. The van der Waals surface area contributed by atoms with E-state index in [0.29, 0.717) is 30.0 Å². The van der Waals surface area contributed by atoms with E-state index in [-0.39, 0.29) is 45.3 Å². The first-order chi connectivity index (χ1) is 25.0. The van der Waals surface area contributed by atoms with Crippen LogP contribution in [0.2, 0.25) is 0 Å². The van der Waals surface area contributed by atoms with Crippen LogP contribution in [0.15, 0.2) is 12.2 Å². The molecule has 11 heteroatoms. The molecule has 0 aromatic rings. The van der Waals surface area contributed by atoms with E-state index in [2.05, 4.69) is 48.1 Å². The summed E-state index contributed by atoms with van der Waals surface area (Å²) in [5, 5.41) is 22.6. The third-order valence-corrected chi connectivity index (χ3v) is 16.7. The largest absolute Gasteiger partial charge is 0.479 e. The molecule has 1 heterocycles. The fourth-order valence-corrected chi connectivity index (χ4v) is 14.3. The number of hydrogen-bond donors (Lipinski definition) is 2. The molecule has 6 aliphatic rings. The van der Waals surface area contributed by atoms with Crippen molar-refractivity contribution in [3.8, 4) is 0 Å². The van der Waals surface area contributed by atoms with E-state index < -0.39 is 60.5 Å². The van der Waals surface area contributed by atoms with Gasteiger partial charge in [-0.2, -0.15) is 0 Å². The number of ether oxygens (including phenoxy) is 4. The minimum Gasteiger partial charge on any atom is -0.479 e. The number of ketones is 1. The number of aliphatic hydroxyl groups excluding tert-OH is 1. The van der Waals surface area contributed by atoms with Gasteiger partial charge in [-0.05, 0) is 122 Å². The van der Waals surface area contributed by atoms with E-state index in [1.165, 1.54) is 6.92 Å². The van der Waals surface area contributed by atoms with Crippen LogP contribution >= 0.6 is 0 Å². The predicted molar refractivity (Wildman–Crippen MR) is 198 cm³/mol. The highest BCUT2D eigenvalue weighted by atomic mass is 16.7. The Kier molecular flexibility index (Phi) is 10.6. The van der Waals surface area contributed by atoms with Gasteiger partial charge in [0.1, 0.15) is 11.9 Å². The molecule has 5 saturated carbocycles. The average Bonchev–Trinajstić information content (AvgIpc) is 3.43. The Morgan fingerprint density at radius 1 is 0.778 bits per heavy atom. The van der Waals surface area contributed by atoms with Crippen molar-refractivity contribution in [2.24, 2.45) is 56.7 Å². The van der Waals surface area contributed by atoms with Crippen LogP contribution in [0.3, 0.4) is 0 Å². The number of carboxylic acids is 1. The number of aliphatic carboxylic acids is 1. The number of Topliss-reactive ketones (excluding diaryl/α,β-unsaturated/α-hetero) is 1. The summed E-state index contributed by atoms with van der Waals surface area (Å²) in [5.74, 6) is -1.78. The maximum atomic E-state index is 13.2. The Hall–Kier alpha value is -2.79. The fourth-order valence-electron chi connectivity index (χ4n) is 14.3. The fraction of sp³-hybridized carbons (Fsp3) is 0.837. The lowest BCUT2D eigenvalue weighted by Crippen LogP contribution is -2.67. The number of esters is 3. The van der Waals surface area contributed by atoms with Crippen LogP contribution in [0, 0.1) is 56.7 Å². The molecular formula is C43H64O11. The van der Waals surface area contributed by atoms with Gasteiger partial charge in [-0.3, -0.25) is 19.2 Å². The quantitative estimate of drug-likeness (QED) is 0.156. The summed E-state index contributed by atoms with van der Waals surface area (Å²) in [7, 11) is 0. The maximum Gasteiger partial charge on any atom is 0.336 e. The lowest BCUT2D eigenvalue weighted by molar-refractivity contribution is -0.265. The summed E-state index contributed by atoms with van der Waals surface area (Å²) >= 11 is 0. The van der Waals surface area contributed by atoms with Crippen LogP contribution in [0.1, 0.15) is 133 Å². The first-order valence-electron chi connectivity index (χ1n) is 20.3. The van der Waals surface area contributed by atoms with E-state index in [1.807, 2.05) is 0 Å². The predicted octanol–water partition coefficient (Wildman–Crippen LogP) is 6.61.